The van der Waals surface area contributed by atoms with Crippen LogP contribution in [-0.4, -0.2) is 57.3 Å². The standard InChI is InChI=1S/C20H23N3O2.C2H2O4/c1-25-19-9-7-17(8-10-19)20-18(13-21-11-12-24)15-23(22-20)14-16-5-3-2-4-6-16;3-1(4)2(5)6/h2-10,15,21,24H,11-14H2,1H3;(H,3,4)(H,5,6). The van der Waals surface area contributed by atoms with Gasteiger partial charge in [-0.25, -0.2) is 9.59 Å². The van der Waals surface area contributed by atoms with Crippen LogP contribution in [0.15, 0.2) is 60.8 Å². The smallest absolute Gasteiger partial charge is 0.414 e. The van der Waals surface area contributed by atoms with Gasteiger partial charge in [-0.2, -0.15) is 5.10 Å². The third-order valence-corrected chi connectivity index (χ3v) is 4.18. The quantitative estimate of drug-likeness (QED) is 0.316. The van der Waals surface area contributed by atoms with Crippen molar-refractivity contribution in [2.45, 2.75) is 13.1 Å². The van der Waals surface area contributed by atoms with E-state index >= 15 is 0 Å². The Morgan fingerprint density at radius 3 is 2.23 bits per heavy atom. The van der Waals surface area contributed by atoms with Crippen molar-refractivity contribution in [3.8, 4) is 17.0 Å². The van der Waals surface area contributed by atoms with Crippen LogP contribution in [0.2, 0.25) is 0 Å². The molecule has 1 heterocycles. The summed E-state index contributed by atoms with van der Waals surface area (Å²) in [6.07, 6.45) is 2.07. The zero-order chi connectivity index (χ0) is 22.6. The number of hydrogen-bond acceptors (Lipinski definition) is 6. The Balaban J connectivity index is 0.000000501. The van der Waals surface area contributed by atoms with Gasteiger partial charge in [-0.3, -0.25) is 4.68 Å². The molecule has 0 fully saturated rings. The molecule has 0 aliphatic carbocycles. The number of aliphatic hydroxyl groups is 1. The predicted molar refractivity (Wildman–Crippen MR) is 114 cm³/mol. The molecule has 1 aromatic heterocycles. The van der Waals surface area contributed by atoms with Crippen molar-refractivity contribution >= 4 is 11.9 Å². The summed E-state index contributed by atoms with van der Waals surface area (Å²) in [6, 6.07) is 18.2. The summed E-state index contributed by atoms with van der Waals surface area (Å²) in [6.45, 7) is 2.07. The van der Waals surface area contributed by atoms with Gasteiger partial charge >= 0.3 is 11.9 Å². The summed E-state index contributed by atoms with van der Waals surface area (Å²) in [5.74, 6) is -2.82. The third-order valence-electron chi connectivity index (χ3n) is 4.18. The minimum atomic E-state index is -1.82. The number of aromatic nitrogens is 2. The van der Waals surface area contributed by atoms with Gasteiger partial charge in [-0.05, 0) is 29.8 Å². The zero-order valence-electron chi connectivity index (χ0n) is 17.1. The summed E-state index contributed by atoms with van der Waals surface area (Å²) < 4.78 is 7.20. The molecule has 0 bridgehead atoms. The van der Waals surface area contributed by atoms with Gasteiger partial charge in [0.1, 0.15) is 5.75 Å². The van der Waals surface area contributed by atoms with Gasteiger partial charge in [0, 0.05) is 30.4 Å². The van der Waals surface area contributed by atoms with Crippen LogP contribution in [0.1, 0.15) is 11.1 Å². The first-order valence-electron chi connectivity index (χ1n) is 9.47. The van der Waals surface area contributed by atoms with Gasteiger partial charge in [0.25, 0.3) is 0 Å². The Bertz CT molecular complexity index is 959. The van der Waals surface area contributed by atoms with Gasteiger partial charge in [-0.15, -0.1) is 0 Å². The van der Waals surface area contributed by atoms with Crippen molar-refractivity contribution in [1.82, 2.24) is 15.1 Å². The molecule has 31 heavy (non-hydrogen) atoms. The maximum atomic E-state index is 9.10. The average molecular weight is 427 g/mol. The largest absolute Gasteiger partial charge is 0.497 e. The molecule has 164 valence electrons. The molecule has 0 saturated heterocycles. The van der Waals surface area contributed by atoms with E-state index in [1.54, 1.807) is 7.11 Å². The number of rotatable bonds is 8. The molecule has 3 rings (SSSR count). The SMILES string of the molecule is COc1ccc(-c2nn(Cc3ccccc3)cc2CNCCO)cc1.O=C(O)C(=O)O. The molecular weight excluding hydrogens is 402 g/mol. The lowest BCUT2D eigenvalue weighted by Gasteiger charge is -2.05. The van der Waals surface area contributed by atoms with Gasteiger partial charge in [0.2, 0.25) is 0 Å². The van der Waals surface area contributed by atoms with Gasteiger partial charge in [0.15, 0.2) is 0 Å². The number of benzene rings is 2. The Labute approximate surface area is 179 Å². The van der Waals surface area contributed by atoms with Crippen LogP contribution in [0.4, 0.5) is 0 Å². The summed E-state index contributed by atoms with van der Waals surface area (Å²) in [5, 5.41) is 31.8. The van der Waals surface area contributed by atoms with E-state index in [0.717, 1.165) is 29.1 Å². The maximum Gasteiger partial charge on any atom is 0.414 e. The second kappa shape index (κ2) is 12.1. The van der Waals surface area contributed by atoms with E-state index in [1.165, 1.54) is 5.56 Å². The number of nitrogens with one attached hydrogen (secondary N) is 1. The highest BCUT2D eigenvalue weighted by Crippen LogP contribution is 2.25. The van der Waals surface area contributed by atoms with Crippen LogP contribution < -0.4 is 10.1 Å². The molecule has 2 aromatic carbocycles. The lowest BCUT2D eigenvalue weighted by atomic mass is 10.1. The first kappa shape index (κ1) is 23.6. The number of methoxy groups -OCH3 is 1. The van der Waals surface area contributed by atoms with Crippen LogP contribution in [0.25, 0.3) is 11.3 Å². The second-order valence-corrected chi connectivity index (χ2v) is 6.43. The maximum absolute atomic E-state index is 9.10. The molecule has 0 radical (unpaired) electrons. The van der Waals surface area contributed by atoms with E-state index in [1.807, 2.05) is 47.1 Å². The highest BCUT2D eigenvalue weighted by Gasteiger charge is 2.12. The Kier molecular flexibility index (Phi) is 9.21. The Morgan fingerprint density at radius 1 is 1.03 bits per heavy atom. The lowest BCUT2D eigenvalue weighted by molar-refractivity contribution is -0.159. The number of aliphatic hydroxyl groups excluding tert-OH is 1. The van der Waals surface area contributed by atoms with Crippen LogP contribution in [-0.2, 0) is 22.7 Å². The van der Waals surface area contributed by atoms with E-state index < -0.39 is 11.9 Å². The summed E-state index contributed by atoms with van der Waals surface area (Å²) in [4.78, 5) is 18.2. The Hall–Kier alpha value is -3.69. The lowest BCUT2D eigenvalue weighted by Crippen LogP contribution is -2.17. The van der Waals surface area contributed by atoms with Crippen LogP contribution in [0.3, 0.4) is 0 Å². The van der Waals surface area contributed by atoms with Crippen molar-refractivity contribution in [2.24, 2.45) is 0 Å². The summed E-state index contributed by atoms with van der Waals surface area (Å²) in [5.41, 5.74) is 4.31. The fourth-order valence-electron chi connectivity index (χ4n) is 2.74. The van der Waals surface area contributed by atoms with E-state index in [2.05, 4.69) is 23.6 Å². The molecule has 9 nitrogen and oxygen atoms in total. The number of nitrogens with zero attached hydrogens (tertiary/aromatic N) is 2. The normalized spacial score (nSPS) is 10.1. The van der Waals surface area contributed by atoms with Crippen LogP contribution in [0.5, 0.6) is 5.75 Å². The van der Waals surface area contributed by atoms with Gasteiger partial charge in [-0.1, -0.05) is 30.3 Å². The first-order chi connectivity index (χ1) is 14.9. The highest BCUT2D eigenvalue weighted by molar-refractivity contribution is 6.27. The molecule has 0 saturated carbocycles. The average Bonchev–Trinajstić information content (AvgIpc) is 3.17. The van der Waals surface area contributed by atoms with Crippen molar-refractivity contribution in [3.63, 3.8) is 0 Å². The Morgan fingerprint density at radius 2 is 1.68 bits per heavy atom. The molecule has 3 aromatic rings. The summed E-state index contributed by atoms with van der Waals surface area (Å²) >= 11 is 0. The van der Waals surface area contributed by atoms with Gasteiger partial charge < -0.3 is 25.4 Å². The van der Waals surface area contributed by atoms with E-state index in [4.69, 9.17) is 34.7 Å². The van der Waals surface area contributed by atoms with E-state index in [0.29, 0.717) is 13.1 Å². The molecule has 0 amide bonds. The van der Waals surface area contributed by atoms with Crippen molar-refractivity contribution in [2.75, 3.05) is 20.3 Å². The van der Waals surface area contributed by atoms with E-state index in [9.17, 15) is 0 Å². The predicted octanol–water partition coefficient (Wildman–Crippen LogP) is 1.84. The molecule has 0 spiro atoms. The first-order valence-corrected chi connectivity index (χ1v) is 9.47. The second-order valence-electron chi connectivity index (χ2n) is 6.43. The number of carboxylic acid groups (broad SMARTS) is 2. The number of carboxylic acids is 2. The number of hydrogen-bond donors (Lipinski definition) is 4. The molecular formula is C22H25N3O6. The molecule has 0 unspecified atom stereocenters. The van der Waals surface area contributed by atoms with Crippen molar-refractivity contribution in [1.29, 1.82) is 0 Å². The van der Waals surface area contributed by atoms with Crippen LogP contribution >= 0.6 is 0 Å². The molecule has 0 atom stereocenters. The molecule has 4 N–H and O–H groups in total. The molecule has 9 heteroatoms. The minimum absolute atomic E-state index is 0.121. The monoisotopic (exact) mass is 427 g/mol. The van der Waals surface area contributed by atoms with Gasteiger partial charge in [0.05, 0.1) is 26.0 Å². The number of aliphatic carboxylic acids is 2. The van der Waals surface area contributed by atoms with Crippen molar-refractivity contribution in [3.05, 3.63) is 71.9 Å². The number of carbonyl (C=O) groups is 2. The highest BCUT2D eigenvalue weighted by atomic mass is 16.5. The summed E-state index contributed by atoms with van der Waals surface area (Å²) in [7, 11) is 1.66. The molecule has 0 aliphatic rings. The van der Waals surface area contributed by atoms with E-state index in [-0.39, 0.29) is 6.61 Å². The third kappa shape index (κ3) is 7.57. The van der Waals surface area contributed by atoms with Crippen molar-refractivity contribution < 1.29 is 29.6 Å². The van der Waals surface area contributed by atoms with Crippen LogP contribution in [0, 0.1) is 0 Å². The fraction of sp³-hybridized carbons (Fsp3) is 0.227. The topological polar surface area (TPSA) is 134 Å². The minimum Gasteiger partial charge on any atom is -0.497 e. The zero-order valence-corrected chi connectivity index (χ0v) is 17.1. The number of ether oxygens (including phenoxy) is 1. The molecule has 0 aliphatic heterocycles. The fourth-order valence-corrected chi connectivity index (χ4v) is 2.74.